The van der Waals surface area contributed by atoms with Crippen LogP contribution >= 0.6 is 0 Å². The van der Waals surface area contributed by atoms with Crippen molar-refractivity contribution in [3.63, 3.8) is 0 Å². The minimum absolute atomic E-state index is 0.674. The summed E-state index contributed by atoms with van der Waals surface area (Å²) in [5.74, 6) is 1.35. The monoisotopic (exact) mass is 282 g/mol. The molecule has 2 nitrogen and oxygen atoms in total. The first kappa shape index (κ1) is 15.7. The summed E-state index contributed by atoms with van der Waals surface area (Å²) in [6.45, 7) is 8.93. The van der Waals surface area contributed by atoms with Crippen LogP contribution in [0.15, 0.2) is 36.7 Å². The topological polar surface area (TPSA) is 25.8 Å². The fourth-order valence-electron chi connectivity index (χ4n) is 2.49. The van der Waals surface area contributed by atoms with Crippen molar-refractivity contribution in [3.8, 4) is 0 Å². The van der Waals surface area contributed by atoms with Gasteiger partial charge >= 0.3 is 0 Å². The minimum Gasteiger partial charge on any atom is -0.261 e. The van der Waals surface area contributed by atoms with Gasteiger partial charge in [0.2, 0.25) is 0 Å². The summed E-state index contributed by atoms with van der Waals surface area (Å²) < 4.78 is 0. The van der Waals surface area contributed by atoms with Gasteiger partial charge < -0.3 is 0 Å². The summed E-state index contributed by atoms with van der Waals surface area (Å²) in [6.07, 6.45) is 7.00. The number of nitrogens with zero attached hydrogens (tertiary/aromatic N) is 2. The molecule has 2 aromatic rings. The molecule has 0 amide bonds. The van der Waals surface area contributed by atoms with Crippen LogP contribution in [0.5, 0.6) is 0 Å². The maximum atomic E-state index is 4.56. The van der Waals surface area contributed by atoms with Gasteiger partial charge in [0, 0.05) is 30.2 Å². The predicted molar refractivity (Wildman–Crippen MR) is 88.4 cm³/mol. The second-order valence-corrected chi connectivity index (χ2v) is 6.69. The number of aromatic nitrogens is 2. The molecule has 2 rings (SSSR count). The van der Waals surface area contributed by atoms with Crippen molar-refractivity contribution >= 4 is 0 Å². The maximum Gasteiger partial charge on any atom is 0.0463 e. The Hall–Kier alpha value is -1.70. The van der Waals surface area contributed by atoms with E-state index in [0.29, 0.717) is 11.8 Å². The number of hydrogen-bond acceptors (Lipinski definition) is 2. The third-order valence-electron chi connectivity index (χ3n) is 3.42. The van der Waals surface area contributed by atoms with E-state index in [1.54, 1.807) is 0 Å². The van der Waals surface area contributed by atoms with Gasteiger partial charge in [-0.1, -0.05) is 39.8 Å². The van der Waals surface area contributed by atoms with E-state index in [-0.39, 0.29) is 0 Å². The number of hydrogen-bond donors (Lipinski definition) is 0. The van der Waals surface area contributed by atoms with Gasteiger partial charge in [-0.3, -0.25) is 9.97 Å². The van der Waals surface area contributed by atoms with Gasteiger partial charge in [0.1, 0.15) is 0 Å². The van der Waals surface area contributed by atoms with E-state index in [0.717, 1.165) is 30.7 Å². The fourth-order valence-corrected chi connectivity index (χ4v) is 2.49. The third-order valence-corrected chi connectivity index (χ3v) is 3.42. The molecule has 112 valence electrons. The van der Waals surface area contributed by atoms with E-state index in [4.69, 9.17) is 0 Å². The zero-order chi connectivity index (χ0) is 15.2. The summed E-state index contributed by atoms with van der Waals surface area (Å²) in [5, 5.41) is 0. The standard InChI is InChI=1S/C19H26N2/c1-14(2)9-16-5-7-18(20-12-16)11-19-8-6-17(13-21-19)10-15(3)4/h5-8,12-15H,9-11H2,1-4H3. The summed E-state index contributed by atoms with van der Waals surface area (Å²) >= 11 is 0. The highest BCUT2D eigenvalue weighted by atomic mass is 14.7. The molecule has 0 radical (unpaired) electrons. The molecular formula is C19H26N2. The second kappa shape index (κ2) is 7.35. The van der Waals surface area contributed by atoms with Crippen molar-refractivity contribution in [2.75, 3.05) is 0 Å². The van der Waals surface area contributed by atoms with Gasteiger partial charge in [-0.2, -0.15) is 0 Å². The summed E-state index contributed by atoms with van der Waals surface area (Å²) in [5.41, 5.74) is 4.81. The molecule has 0 unspecified atom stereocenters. The molecule has 0 saturated heterocycles. The van der Waals surface area contributed by atoms with E-state index in [2.05, 4.69) is 61.9 Å². The molecule has 0 aliphatic carbocycles. The third kappa shape index (κ3) is 5.30. The number of rotatable bonds is 6. The Bertz CT molecular complexity index is 487. The quantitative estimate of drug-likeness (QED) is 0.781. The molecule has 2 heterocycles. The van der Waals surface area contributed by atoms with Crippen molar-refractivity contribution in [1.82, 2.24) is 9.97 Å². The molecule has 0 aliphatic heterocycles. The van der Waals surface area contributed by atoms with Crippen LogP contribution in [-0.4, -0.2) is 9.97 Å². The highest BCUT2D eigenvalue weighted by Gasteiger charge is 2.03. The van der Waals surface area contributed by atoms with Crippen molar-refractivity contribution < 1.29 is 0 Å². The van der Waals surface area contributed by atoms with Gasteiger partial charge in [0.15, 0.2) is 0 Å². The second-order valence-electron chi connectivity index (χ2n) is 6.69. The van der Waals surface area contributed by atoms with Crippen LogP contribution in [0, 0.1) is 11.8 Å². The van der Waals surface area contributed by atoms with Gasteiger partial charge in [-0.15, -0.1) is 0 Å². The Balaban J connectivity index is 1.97. The van der Waals surface area contributed by atoms with Crippen LogP contribution in [0.25, 0.3) is 0 Å². The minimum atomic E-state index is 0.674. The first-order valence-electron chi connectivity index (χ1n) is 7.90. The molecule has 0 saturated carbocycles. The highest BCUT2D eigenvalue weighted by Crippen LogP contribution is 2.12. The predicted octanol–water partition coefficient (Wildman–Crippen LogP) is 4.46. The number of pyridine rings is 2. The molecule has 2 heteroatoms. The van der Waals surface area contributed by atoms with Gasteiger partial charge in [0.05, 0.1) is 0 Å². The average Bonchev–Trinajstić information content (AvgIpc) is 2.42. The molecule has 21 heavy (non-hydrogen) atoms. The lowest BCUT2D eigenvalue weighted by Gasteiger charge is -2.07. The molecule has 0 bridgehead atoms. The summed E-state index contributed by atoms with van der Waals surface area (Å²) in [4.78, 5) is 9.12. The van der Waals surface area contributed by atoms with E-state index in [1.165, 1.54) is 11.1 Å². The van der Waals surface area contributed by atoms with E-state index in [9.17, 15) is 0 Å². The van der Waals surface area contributed by atoms with Crippen molar-refractivity contribution in [2.45, 2.75) is 47.0 Å². The maximum absolute atomic E-state index is 4.56. The molecular weight excluding hydrogens is 256 g/mol. The lowest BCUT2D eigenvalue weighted by Crippen LogP contribution is -2.00. The molecule has 0 fully saturated rings. The largest absolute Gasteiger partial charge is 0.261 e. The van der Waals surface area contributed by atoms with Crippen molar-refractivity contribution in [1.29, 1.82) is 0 Å². The fraction of sp³-hybridized carbons (Fsp3) is 0.474. The van der Waals surface area contributed by atoms with E-state index < -0.39 is 0 Å². The summed E-state index contributed by atoms with van der Waals surface area (Å²) in [6, 6.07) is 8.63. The van der Waals surface area contributed by atoms with Crippen LogP contribution in [-0.2, 0) is 19.3 Å². The molecule has 0 aliphatic rings. The zero-order valence-electron chi connectivity index (χ0n) is 13.6. The highest BCUT2D eigenvalue weighted by molar-refractivity contribution is 5.21. The normalized spacial score (nSPS) is 11.3. The zero-order valence-corrected chi connectivity index (χ0v) is 13.6. The van der Waals surface area contributed by atoms with Crippen LogP contribution in [0.3, 0.4) is 0 Å². The average molecular weight is 282 g/mol. The Labute approximate surface area is 128 Å². The van der Waals surface area contributed by atoms with Gasteiger partial charge in [-0.05, 0) is 47.9 Å². The summed E-state index contributed by atoms with van der Waals surface area (Å²) in [7, 11) is 0. The van der Waals surface area contributed by atoms with Crippen molar-refractivity contribution in [3.05, 3.63) is 59.2 Å². The Morgan fingerprint density at radius 1 is 0.714 bits per heavy atom. The van der Waals surface area contributed by atoms with Crippen molar-refractivity contribution in [2.24, 2.45) is 11.8 Å². The van der Waals surface area contributed by atoms with E-state index in [1.807, 2.05) is 12.4 Å². The molecule has 0 spiro atoms. The Kier molecular flexibility index (Phi) is 5.49. The first-order valence-corrected chi connectivity index (χ1v) is 7.90. The SMILES string of the molecule is CC(C)Cc1ccc(Cc2ccc(CC(C)C)cn2)nc1. The first-order chi connectivity index (χ1) is 10.0. The lowest BCUT2D eigenvalue weighted by molar-refractivity contribution is 0.644. The van der Waals surface area contributed by atoms with Crippen LogP contribution < -0.4 is 0 Å². The van der Waals surface area contributed by atoms with Crippen LogP contribution in [0.2, 0.25) is 0 Å². The van der Waals surface area contributed by atoms with Crippen LogP contribution in [0.4, 0.5) is 0 Å². The van der Waals surface area contributed by atoms with Gasteiger partial charge in [0.25, 0.3) is 0 Å². The Morgan fingerprint density at radius 2 is 1.14 bits per heavy atom. The van der Waals surface area contributed by atoms with Crippen LogP contribution in [0.1, 0.15) is 50.2 Å². The molecule has 0 N–H and O–H groups in total. The van der Waals surface area contributed by atoms with E-state index >= 15 is 0 Å². The Morgan fingerprint density at radius 3 is 1.43 bits per heavy atom. The smallest absolute Gasteiger partial charge is 0.0463 e. The molecule has 2 aromatic heterocycles. The molecule has 0 atom stereocenters. The van der Waals surface area contributed by atoms with Gasteiger partial charge in [-0.25, -0.2) is 0 Å². The molecule has 0 aromatic carbocycles. The lowest BCUT2D eigenvalue weighted by atomic mass is 10.0.